The zero-order valence-electron chi connectivity index (χ0n) is 11.1. The van der Waals surface area contributed by atoms with Crippen LogP contribution in [0.25, 0.3) is 0 Å². The molecule has 0 spiro atoms. The van der Waals surface area contributed by atoms with Crippen LogP contribution in [0.3, 0.4) is 0 Å². The quantitative estimate of drug-likeness (QED) is 0.647. The molecule has 3 N–H and O–H groups in total. The summed E-state index contributed by atoms with van der Waals surface area (Å²) in [5.74, 6) is 5.55. The predicted octanol–water partition coefficient (Wildman–Crippen LogP) is 1.34. The third-order valence-corrected chi connectivity index (χ3v) is 4.98. The molecule has 1 aliphatic rings. The van der Waals surface area contributed by atoms with Gasteiger partial charge in [-0.25, -0.2) is 23.6 Å². The highest BCUT2D eigenvalue weighted by atomic mass is 32.2. The first kappa shape index (κ1) is 13.6. The standard InChI is InChI=1S/C14H14N4O2S/c15-17-14-16-12-8-4-5-9-13(12)21(19,20)18(14)10-11-6-2-1-3-7-11/h1-9H,10,15H2,(H,16,17). The first-order chi connectivity index (χ1) is 10.1. The topological polar surface area (TPSA) is 87.8 Å². The van der Waals surface area contributed by atoms with Crippen LogP contribution in [0.15, 0.2) is 64.5 Å². The molecule has 0 bridgehead atoms. The van der Waals surface area contributed by atoms with Crippen molar-refractivity contribution in [2.45, 2.75) is 11.4 Å². The molecule has 6 nitrogen and oxygen atoms in total. The van der Waals surface area contributed by atoms with E-state index < -0.39 is 10.0 Å². The normalized spacial score (nSPS) is 16.0. The molecule has 3 rings (SSSR count). The van der Waals surface area contributed by atoms with E-state index in [0.717, 1.165) is 5.56 Å². The van der Waals surface area contributed by atoms with Gasteiger partial charge in [0.05, 0.1) is 12.2 Å². The van der Waals surface area contributed by atoms with Gasteiger partial charge in [-0.3, -0.25) is 5.43 Å². The Hall–Kier alpha value is -2.38. The highest BCUT2D eigenvalue weighted by Crippen LogP contribution is 2.32. The highest BCUT2D eigenvalue weighted by Gasteiger charge is 2.33. The fourth-order valence-corrected chi connectivity index (χ4v) is 3.69. The second-order valence-corrected chi connectivity index (χ2v) is 6.38. The Balaban J connectivity index is 2.08. The zero-order valence-corrected chi connectivity index (χ0v) is 11.9. The van der Waals surface area contributed by atoms with Crippen molar-refractivity contribution in [3.8, 4) is 0 Å². The van der Waals surface area contributed by atoms with Crippen molar-refractivity contribution in [1.82, 2.24) is 9.73 Å². The van der Waals surface area contributed by atoms with Crippen LogP contribution in [0.1, 0.15) is 5.56 Å². The summed E-state index contributed by atoms with van der Waals surface area (Å²) < 4.78 is 26.6. The van der Waals surface area contributed by atoms with Gasteiger partial charge >= 0.3 is 0 Å². The summed E-state index contributed by atoms with van der Waals surface area (Å²) >= 11 is 0. The Morgan fingerprint density at radius 2 is 1.71 bits per heavy atom. The van der Waals surface area contributed by atoms with Crippen molar-refractivity contribution in [1.29, 1.82) is 0 Å². The first-order valence-electron chi connectivity index (χ1n) is 6.34. The lowest BCUT2D eigenvalue weighted by molar-refractivity contribution is 0.505. The Labute approximate surface area is 122 Å². The van der Waals surface area contributed by atoms with Gasteiger partial charge in [-0.1, -0.05) is 42.5 Å². The SMILES string of the molecule is NNC1=Nc2ccccc2S(=O)(=O)N1Cc1ccccc1. The fraction of sp³-hybridized carbons (Fsp3) is 0.0714. The number of hydrogen-bond donors (Lipinski definition) is 2. The average molecular weight is 302 g/mol. The molecule has 0 atom stereocenters. The molecule has 0 saturated heterocycles. The Morgan fingerprint density at radius 3 is 2.43 bits per heavy atom. The molecule has 0 radical (unpaired) electrons. The minimum Gasteiger partial charge on any atom is -0.293 e. The van der Waals surface area contributed by atoms with E-state index in [2.05, 4.69) is 10.4 Å². The average Bonchev–Trinajstić information content (AvgIpc) is 2.51. The number of rotatable bonds is 2. The van der Waals surface area contributed by atoms with Crippen molar-refractivity contribution in [3.05, 3.63) is 60.2 Å². The van der Waals surface area contributed by atoms with Crippen LogP contribution in [-0.2, 0) is 16.6 Å². The van der Waals surface area contributed by atoms with E-state index in [0.29, 0.717) is 5.69 Å². The molecule has 7 heteroatoms. The Kier molecular flexibility index (Phi) is 3.36. The van der Waals surface area contributed by atoms with Gasteiger partial charge in [0.2, 0.25) is 5.96 Å². The number of aliphatic imine (C=N–C) groups is 1. The van der Waals surface area contributed by atoms with Gasteiger partial charge in [-0.05, 0) is 17.7 Å². The van der Waals surface area contributed by atoms with E-state index in [-0.39, 0.29) is 17.4 Å². The van der Waals surface area contributed by atoms with E-state index in [9.17, 15) is 8.42 Å². The lowest BCUT2D eigenvalue weighted by Crippen LogP contribution is -2.48. The Bertz CT molecular complexity index is 788. The minimum absolute atomic E-state index is 0.109. The summed E-state index contributed by atoms with van der Waals surface area (Å²) in [6, 6.07) is 15.9. The van der Waals surface area contributed by atoms with Crippen molar-refractivity contribution in [2.75, 3.05) is 0 Å². The maximum Gasteiger partial charge on any atom is 0.269 e. The molecule has 108 valence electrons. The van der Waals surface area contributed by atoms with Crippen molar-refractivity contribution in [2.24, 2.45) is 10.8 Å². The second-order valence-electron chi connectivity index (χ2n) is 4.54. The number of sulfonamides is 1. The van der Waals surface area contributed by atoms with Gasteiger partial charge in [-0.2, -0.15) is 0 Å². The molecule has 0 saturated carbocycles. The number of nitrogens with two attached hydrogens (primary N) is 1. The number of hydrazine groups is 1. The van der Waals surface area contributed by atoms with E-state index in [1.807, 2.05) is 30.3 Å². The summed E-state index contributed by atoms with van der Waals surface area (Å²) in [5, 5.41) is 0. The van der Waals surface area contributed by atoms with Gasteiger partial charge in [0.15, 0.2) is 0 Å². The number of nitrogens with zero attached hydrogens (tertiary/aromatic N) is 2. The summed E-state index contributed by atoms with van der Waals surface area (Å²) in [5.41, 5.74) is 3.60. The van der Waals surface area contributed by atoms with Crippen LogP contribution in [0.2, 0.25) is 0 Å². The van der Waals surface area contributed by atoms with Gasteiger partial charge in [0.1, 0.15) is 4.90 Å². The summed E-state index contributed by atoms with van der Waals surface area (Å²) in [4.78, 5) is 4.44. The molecular weight excluding hydrogens is 288 g/mol. The number of fused-ring (bicyclic) bond motifs is 1. The van der Waals surface area contributed by atoms with Gasteiger partial charge in [0, 0.05) is 0 Å². The van der Waals surface area contributed by atoms with Crippen LogP contribution in [0.5, 0.6) is 0 Å². The maximum absolute atomic E-state index is 12.7. The second kappa shape index (κ2) is 5.19. The number of benzene rings is 2. The molecule has 1 aliphatic heterocycles. The molecule has 2 aromatic carbocycles. The summed E-state index contributed by atoms with van der Waals surface area (Å²) in [7, 11) is -3.68. The zero-order chi connectivity index (χ0) is 14.9. The molecule has 2 aromatic rings. The number of guanidine groups is 1. The highest BCUT2D eigenvalue weighted by molar-refractivity contribution is 7.89. The molecule has 21 heavy (non-hydrogen) atoms. The first-order valence-corrected chi connectivity index (χ1v) is 7.78. The van der Waals surface area contributed by atoms with Gasteiger partial charge in [-0.15, -0.1) is 0 Å². The maximum atomic E-state index is 12.7. The number of hydrogen-bond acceptors (Lipinski definition) is 5. The molecular formula is C14H14N4O2S. The third kappa shape index (κ3) is 2.37. The van der Waals surface area contributed by atoms with Crippen LogP contribution in [0, 0.1) is 0 Å². The van der Waals surface area contributed by atoms with E-state index >= 15 is 0 Å². The third-order valence-electron chi connectivity index (χ3n) is 3.19. The Morgan fingerprint density at radius 1 is 1.05 bits per heavy atom. The molecule has 0 aliphatic carbocycles. The molecule has 0 fully saturated rings. The fourth-order valence-electron chi connectivity index (χ4n) is 2.18. The number of para-hydroxylation sites is 1. The molecule has 1 heterocycles. The van der Waals surface area contributed by atoms with Gasteiger partial charge in [0.25, 0.3) is 10.0 Å². The van der Waals surface area contributed by atoms with Crippen molar-refractivity contribution < 1.29 is 8.42 Å². The smallest absolute Gasteiger partial charge is 0.269 e. The molecule has 0 aromatic heterocycles. The van der Waals surface area contributed by atoms with Crippen LogP contribution >= 0.6 is 0 Å². The largest absolute Gasteiger partial charge is 0.293 e. The van der Waals surface area contributed by atoms with E-state index in [4.69, 9.17) is 5.84 Å². The summed E-state index contributed by atoms with van der Waals surface area (Å²) in [6.45, 7) is 0.167. The predicted molar refractivity (Wildman–Crippen MR) is 80.0 cm³/mol. The van der Waals surface area contributed by atoms with Crippen LogP contribution < -0.4 is 11.3 Å². The van der Waals surface area contributed by atoms with Crippen LogP contribution in [-0.4, -0.2) is 18.7 Å². The lowest BCUT2D eigenvalue weighted by Gasteiger charge is -2.29. The number of nitrogens with one attached hydrogen (secondary N) is 1. The van der Waals surface area contributed by atoms with E-state index in [1.165, 1.54) is 4.31 Å². The van der Waals surface area contributed by atoms with E-state index in [1.54, 1.807) is 24.3 Å². The lowest BCUT2D eigenvalue weighted by atomic mass is 10.2. The van der Waals surface area contributed by atoms with Crippen molar-refractivity contribution in [3.63, 3.8) is 0 Å². The summed E-state index contributed by atoms with van der Waals surface area (Å²) in [6.07, 6.45) is 0. The monoisotopic (exact) mass is 302 g/mol. The van der Waals surface area contributed by atoms with Gasteiger partial charge < -0.3 is 0 Å². The molecule has 0 unspecified atom stereocenters. The van der Waals surface area contributed by atoms with Crippen molar-refractivity contribution >= 4 is 21.7 Å². The van der Waals surface area contributed by atoms with Crippen LogP contribution in [0.4, 0.5) is 5.69 Å². The minimum atomic E-state index is -3.68. The molecule has 0 amide bonds.